The predicted molar refractivity (Wildman–Crippen MR) is 66.2 cm³/mol. The van der Waals surface area contributed by atoms with Crippen molar-refractivity contribution < 1.29 is 9.50 Å². The van der Waals surface area contributed by atoms with E-state index in [9.17, 15) is 9.50 Å². The topological polar surface area (TPSA) is 32.3 Å². The van der Waals surface area contributed by atoms with Crippen molar-refractivity contribution in [2.24, 2.45) is 5.92 Å². The zero-order valence-corrected chi connectivity index (χ0v) is 10.2. The first-order valence-electron chi connectivity index (χ1n) is 6.32. The molecule has 0 aromatic heterocycles. The van der Waals surface area contributed by atoms with E-state index < -0.39 is 0 Å². The molecule has 3 heteroatoms. The van der Waals surface area contributed by atoms with Crippen LogP contribution in [0.4, 0.5) is 4.39 Å². The zero-order valence-electron chi connectivity index (χ0n) is 10.2. The molecule has 2 nitrogen and oxygen atoms in total. The van der Waals surface area contributed by atoms with Crippen LogP contribution in [0.2, 0.25) is 0 Å². The highest BCUT2D eigenvalue weighted by Gasteiger charge is 2.28. The summed E-state index contributed by atoms with van der Waals surface area (Å²) in [4.78, 5) is 0. The summed E-state index contributed by atoms with van der Waals surface area (Å²) in [6, 6.07) is 7.01. The van der Waals surface area contributed by atoms with E-state index in [-0.39, 0.29) is 18.0 Å². The Morgan fingerprint density at radius 2 is 1.88 bits per heavy atom. The molecule has 2 N–H and O–H groups in total. The van der Waals surface area contributed by atoms with E-state index >= 15 is 0 Å². The van der Waals surface area contributed by atoms with Crippen LogP contribution in [-0.2, 0) is 0 Å². The van der Waals surface area contributed by atoms with Crippen LogP contribution in [0.5, 0.6) is 0 Å². The summed E-state index contributed by atoms with van der Waals surface area (Å²) in [6.07, 6.45) is 3.42. The summed E-state index contributed by atoms with van der Waals surface area (Å²) in [5, 5.41) is 12.7. The molecule has 1 aliphatic rings. The fraction of sp³-hybridized carbons (Fsp3) is 0.571. The Hall–Kier alpha value is -0.930. The van der Waals surface area contributed by atoms with Gasteiger partial charge in [0.05, 0.1) is 6.10 Å². The molecule has 1 fully saturated rings. The number of aliphatic hydroxyl groups excluding tert-OH is 1. The predicted octanol–water partition coefficient (Wildman–Crippen LogP) is 2.64. The van der Waals surface area contributed by atoms with Crippen LogP contribution in [-0.4, -0.2) is 18.3 Å². The Morgan fingerprint density at radius 1 is 1.24 bits per heavy atom. The molecule has 0 amide bonds. The van der Waals surface area contributed by atoms with Gasteiger partial charge in [0.15, 0.2) is 0 Å². The molecule has 1 saturated carbocycles. The number of benzene rings is 1. The number of halogens is 1. The maximum atomic E-state index is 13.8. The van der Waals surface area contributed by atoms with Crippen LogP contribution >= 0.6 is 0 Å². The molecule has 17 heavy (non-hydrogen) atoms. The van der Waals surface area contributed by atoms with Crippen LogP contribution in [0.25, 0.3) is 0 Å². The van der Waals surface area contributed by atoms with E-state index in [0.29, 0.717) is 5.92 Å². The Labute approximate surface area is 102 Å². The molecule has 0 aliphatic heterocycles. The standard InChI is InChI=1S/C14H20FNO/c1-16-14(10-6-8-11(17)9-7-10)12-4-2-3-5-13(12)15/h2-5,10-11,14,16-17H,6-9H2,1H3. The highest BCUT2D eigenvalue weighted by molar-refractivity contribution is 5.22. The summed E-state index contributed by atoms with van der Waals surface area (Å²) < 4.78 is 13.8. The lowest BCUT2D eigenvalue weighted by atomic mass is 9.80. The summed E-state index contributed by atoms with van der Waals surface area (Å²) >= 11 is 0. The fourth-order valence-corrected chi connectivity index (χ4v) is 2.81. The van der Waals surface area contributed by atoms with Crippen molar-refractivity contribution in [1.29, 1.82) is 0 Å². The van der Waals surface area contributed by atoms with Crippen molar-refractivity contribution in [1.82, 2.24) is 5.32 Å². The van der Waals surface area contributed by atoms with Gasteiger partial charge < -0.3 is 10.4 Å². The van der Waals surface area contributed by atoms with Crippen LogP contribution in [0.15, 0.2) is 24.3 Å². The maximum absolute atomic E-state index is 13.8. The number of rotatable bonds is 3. The fourth-order valence-electron chi connectivity index (χ4n) is 2.81. The third kappa shape index (κ3) is 2.85. The smallest absolute Gasteiger partial charge is 0.127 e. The van der Waals surface area contributed by atoms with Crippen molar-refractivity contribution >= 4 is 0 Å². The average Bonchev–Trinajstić information content (AvgIpc) is 2.35. The van der Waals surface area contributed by atoms with Crippen molar-refractivity contribution in [2.75, 3.05) is 7.05 Å². The second-order valence-electron chi connectivity index (χ2n) is 4.86. The lowest BCUT2D eigenvalue weighted by Crippen LogP contribution is -2.30. The van der Waals surface area contributed by atoms with E-state index in [2.05, 4.69) is 5.32 Å². The number of hydrogen-bond donors (Lipinski definition) is 2. The Morgan fingerprint density at radius 3 is 2.47 bits per heavy atom. The lowest BCUT2D eigenvalue weighted by molar-refractivity contribution is 0.0977. The van der Waals surface area contributed by atoms with Crippen molar-refractivity contribution in [3.8, 4) is 0 Å². The molecule has 94 valence electrons. The Bertz CT molecular complexity index is 361. The van der Waals surface area contributed by atoms with E-state index in [1.54, 1.807) is 6.07 Å². The molecule has 0 bridgehead atoms. The second kappa shape index (κ2) is 5.61. The zero-order chi connectivity index (χ0) is 12.3. The highest BCUT2D eigenvalue weighted by atomic mass is 19.1. The lowest BCUT2D eigenvalue weighted by Gasteiger charge is -2.32. The number of hydrogen-bond acceptors (Lipinski definition) is 2. The molecule has 1 aromatic rings. The van der Waals surface area contributed by atoms with Gasteiger partial charge >= 0.3 is 0 Å². The molecule has 1 aliphatic carbocycles. The van der Waals surface area contributed by atoms with Gasteiger partial charge in [-0.1, -0.05) is 18.2 Å². The monoisotopic (exact) mass is 237 g/mol. The SMILES string of the molecule is CNC(c1ccccc1F)C1CCC(O)CC1. The third-order valence-electron chi connectivity index (χ3n) is 3.76. The first-order chi connectivity index (χ1) is 8.22. The van der Waals surface area contributed by atoms with Crippen molar-refractivity contribution in [2.45, 2.75) is 37.8 Å². The van der Waals surface area contributed by atoms with Gasteiger partial charge in [0.25, 0.3) is 0 Å². The van der Waals surface area contributed by atoms with Crippen molar-refractivity contribution in [3.63, 3.8) is 0 Å². The van der Waals surface area contributed by atoms with E-state index in [4.69, 9.17) is 0 Å². The molecule has 1 unspecified atom stereocenters. The van der Waals surface area contributed by atoms with Gasteiger partial charge in [-0.3, -0.25) is 0 Å². The van der Waals surface area contributed by atoms with Gasteiger partial charge in [0.2, 0.25) is 0 Å². The Balaban J connectivity index is 2.14. The van der Waals surface area contributed by atoms with Crippen LogP contribution in [0.1, 0.15) is 37.3 Å². The van der Waals surface area contributed by atoms with Crippen LogP contribution in [0.3, 0.4) is 0 Å². The molecule has 0 spiro atoms. The normalized spacial score (nSPS) is 26.8. The quantitative estimate of drug-likeness (QED) is 0.847. The molecule has 0 heterocycles. The van der Waals surface area contributed by atoms with Gasteiger partial charge in [0.1, 0.15) is 5.82 Å². The minimum atomic E-state index is -0.163. The summed E-state index contributed by atoms with van der Waals surface area (Å²) in [5.41, 5.74) is 0.747. The molecule has 1 aromatic carbocycles. The average molecular weight is 237 g/mol. The molecule has 2 rings (SSSR count). The Kier molecular flexibility index (Phi) is 4.13. The molecular weight excluding hydrogens is 217 g/mol. The maximum Gasteiger partial charge on any atom is 0.127 e. The number of aliphatic hydroxyl groups is 1. The molecule has 0 radical (unpaired) electrons. The van der Waals surface area contributed by atoms with Gasteiger partial charge in [-0.05, 0) is 44.7 Å². The first-order valence-corrected chi connectivity index (χ1v) is 6.32. The van der Waals surface area contributed by atoms with Crippen LogP contribution in [0, 0.1) is 11.7 Å². The first kappa shape index (κ1) is 12.5. The summed E-state index contributed by atoms with van der Waals surface area (Å²) in [6.45, 7) is 0. The van der Waals surface area contributed by atoms with E-state index in [0.717, 1.165) is 31.2 Å². The third-order valence-corrected chi connectivity index (χ3v) is 3.76. The minimum Gasteiger partial charge on any atom is -0.393 e. The van der Waals surface area contributed by atoms with Gasteiger partial charge in [0, 0.05) is 11.6 Å². The van der Waals surface area contributed by atoms with E-state index in [1.807, 2.05) is 19.2 Å². The van der Waals surface area contributed by atoms with Gasteiger partial charge in [-0.2, -0.15) is 0 Å². The summed E-state index contributed by atoms with van der Waals surface area (Å²) in [7, 11) is 1.88. The van der Waals surface area contributed by atoms with Gasteiger partial charge in [-0.25, -0.2) is 4.39 Å². The molecular formula is C14H20FNO. The highest BCUT2D eigenvalue weighted by Crippen LogP contribution is 2.35. The number of nitrogens with one attached hydrogen (secondary N) is 1. The second-order valence-corrected chi connectivity index (χ2v) is 4.86. The van der Waals surface area contributed by atoms with Crippen LogP contribution < -0.4 is 5.32 Å². The minimum absolute atomic E-state index is 0.0590. The van der Waals surface area contributed by atoms with E-state index in [1.165, 1.54) is 6.07 Å². The largest absolute Gasteiger partial charge is 0.393 e. The molecule has 1 atom stereocenters. The summed E-state index contributed by atoms with van der Waals surface area (Å²) in [5.74, 6) is 0.276. The van der Waals surface area contributed by atoms with Gasteiger partial charge in [-0.15, -0.1) is 0 Å². The molecule has 0 saturated heterocycles. The van der Waals surface area contributed by atoms with Crippen molar-refractivity contribution in [3.05, 3.63) is 35.6 Å².